The summed E-state index contributed by atoms with van der Waals surface area (Å²) in [6, 6.07) is 3.25. The Labute approximate surface area is 130 Å². The average Bonchev–Trinajstić information content (AvgIpc) is 2.35. The van der Waals surface area contributed by atoms with Crippen molar-refractivity contribution in [1.82, 2.24) is 9.88 Å². The van der Waals surface area contributed by atoms with Gasteiger partial charge in [-0.05, 0) is 24.5 Å². The number of aryl methyl sites for hydroxylation is 1. The molecule has 6 heteroatoms. The lowest BCUT2D eigenvalue weighted by atomic mass is 10.1. The molecule has 2 N–H and O–H groups in total. The Morgan fingerprint density at radius 1 is 1.38 bits per heavy atom. The van der Waals surface area contributed by atoms with Gasteiger partial charge >= 0.3 is 0 Å². The number of carbonyl (C=O) groups excluding carboxylic acids is 2. The van der Waals surface area contributed by atoms with Crippen molar-refractivity contribution in [1.29, 1.82) is 0 Å². The fraction of sp³-hybridized carbons (Fsp3) is 0.533. The number of carbonyl (C=O) groups is 2. The summed E-state index contributed by atoms with van der Waals surface area (Å²) in [5.41, 5.74) is 6.44. The summed E-state index contributed by atoms with van der Waals surface area (Å²) in [6.07, 6.45) is 1.67. The molecule has 1 rings (SSSR count). The molecule has 0 spiro atoms. The topological polar surface area (TPSA) is 76.3 Å². The first-order valence-corrected chi connectivity index (χ1v) is 7.45. The molecular weight excluding hydrogens is 290 g/mol. The SMILES string of the molecule is CCCc1cc(C(=O)N(CC(N)=O)CC(C)C)cc(Cl)n1. The highest BCUT2D eigenvalue weighted by Crippen LogP contribution is 2.15. The van der Waals surface area contributed by atoms with Gasteiger partial charge in [-0.1, -0.05) is 38.8 Å². The van der Waals surface area contributed by atoms with Crippen LogP contribution < -0.4 is 5.73 Å². The Kier molecular flexibility index (Phi) is 6.62. The molecule has 0 aliphatic carbocycles. The number of primary amides is 1. The van der Waals surface area contributed by atoms with E-state index >= 15 is 0 Å². The monoisotopic (exact) mass is 311 g/mol. The predicted octanol–water partition coefficient (Wildman–Crippen LogP) is 2.27. The number of rotatable bonds is 7. The molecule has 21 heavy (non-hydrogen) atoms. The van der Waals surface area contributed by atoms with E-state index < -0.39 is 5.91 Å². The third-order valence-corrected chi connectivity index (χ3v) is 3.01. The molecule has 116 valence electrons. The highest BCUT2D eigenvalue weighted by atomic mass is 35.5. The van der Waals surface area contributed by atoms with Gasteiger partial charge in [-0.2, -0.15) is 0 Å². The quantitative estimate of drug-likeness (QED) is 0.785. The molecule has 1 aromatic rings. The van der Waals surface area contributed by atoms with E-state index in [1.54, 1.807) is 6.07 Å². The van der Waals surface area contributed by atoms with E-state index in [0.717, 1.165) is 18.5 Å². The van der Waals surface area contributed by atoms with Crippen molar-refractivity contribution in [3.05, 3.63) is 28.5 Å². The van der Waals surface area contributed by atoms with Crippen molar-refractivity contribution in [3.63, 3.8) is 0 Å². The molecule has 0 saturated carbocycles. The minimum absolute atomic E-state index is 0.0972. The number of amides is 2. The third kappa shape index (κ3) is 5.71. The Balaban J connectivity index is 3.04. The zero-order valence-electron chi connectivity index (χ0n) is 12.7. The summed E-state index contributed by atoms with van der Waals surface area (Å²) in [5.74, 6) is -0.539. The summed E-state index contributed by atoms with van der Waals surface area (Å²) in [6.45, 7) is 6.35. The first-order valence-electron chi connectivity index (χ1n) is 7.07. The number of nitrogens with zero attached hydrogens (tertiary/aromatic N) is 2. The van der Waals surface area contributed by atoms with Crippen LogP contribution in [0.25, 0.3) is 0 Å². The van der Waals surface area contributed by atoms with Gasteiger partial charge in [-0.3, -0.25) is 9.59 Å². The molecule has 1 aromatic heterocycles. The minimum Gasteiger partial charge on any atom is -0.368 e. The van der Waals surface area contributed by atoms with Gasteiger partial charge in [0.05, 0.1) is 6.54 Å². The van der Waals surface area contributed by atoms with Crippen LogP contribution >= 0.6 is 11.6 Å². The van der Waals surface area contributed by atoms with Gasteiger partial charge in [-0.25, -0.2) is 4.98 Å². The number of aromatic nitrogens is 1. The van der Waals surface area contributed by atoms with Crippen molar-refractivity contribution in [2.24, 2.45) is 11.7 Å². The normalized spacial score (nSPS) is 10.7. The zero-order chi connectivity index (χ0) is 16.0. The smallest absolute Gasteiger partial charge is 0.254 e. The van der Waals surface area contributed by atoms with Gasteiger partial charge < -0.3 is 10.6 Å². The fourth-order valence-corrected chi connectivity index (χ4v) is 2.32. The van der Waals surface area contributed by atoms with Crippen molar-refractivity contribution in [3.8, 4) is 0 Å². The summed E-state index contributed by atoms with van der Waals surface area (Å²) in [5, 5.41) is 0.285. The lowest BCUT2D eigenvalue weighted by Crippen LogP contribution is -2.40. The molecule has 0 aliphatic heterocycles. The summed E-state index contributed by atoms with van der Waals surface area (Å²) < 4.78 is 0. The Morgan fingerprint density at radius 2 is 2.05 bits per heavy atom. The summed E-state index contributed by atoms with van der Waals surface area (Å²) >= 11 is 5.97. The molecule has 0 aromatic carbocycles. The molecule has 1 heterocycles. The van der Waals surface area contributed by atoms with Crippen molar-refractivity contribution < 1.29 is 9.59 Å². The maximum absolute atomic E-state index is 12.6. The van der Waals surface area contributed by atoms with Crippen LogP contribution in [0, 0.1) is 5.92 Å². The van der Waals surface area contributed by atoms with Gasteiger partial charge in [0.25, 0.3) is 5.91 Å². The maximum atomic E-state index is 12.6. The average molecular weight is 312 g/mol. The Hall–Kier alpha value is -1.62. The fourth-order valence-electron chi connectivity index (χ4n) is 2.09. The van der Waals surface area contributed by atoms with E-state index in [-0.39, 0.29) is 23.5 Å². The molecule has 0 unspecified atom stereocenters. The van der Waals surface area contributed by atoms with E-state index in [4.69, 9.17) is 17.3 Å². The molecule has 5 nitrogen and oxygen atoms in total. The number of nitrogens with two attached hydrogens (primary N) is 1. The second-order valence-corrected chi connectivity index (χ2v) is 5.85. The minimum atomic E-state index is -0.530. The molecule has 0 bridgehead atoms. The van der Waals surface area contributed by atoms with Gasteiger partial charge in [0.1, 0.15) is 5.15 Å². The van der Waals surface area contributed by atoms with Gasteiger partial charge in [0, 0.05) is 17.8 Å². The van der Waals surface area contributed by atoms with Crippen LogP contribution in [0.4, 0.5) is 0 Å². The lowest BCUT2D eigenvalue weighted by Gasteiger charge is -2.23. The maximum Gasteiger partial charge on any atom is 0.254 e. The number of pyridine rings is 1. The Bertz CT molecular complexity index is 518. The van der Waals surface area contributed by atoms with E-state index in [1.807, 2.05) is 20.8 Å². The van der Waals surface area contributed by atoms with Crippen molar-refractivity contribution in [2.45, 2.75) is 33.6 Å². The van der Waals surface area contributed by atoms with Crippen molar-refractivity contribution >= 4 is 23.4 Å². The summed E-state index contributed by atoms with van der Waals surface area (Å²) in [4.78, 5) is 29.4. The predicted molar refractivity (Wildman–Crippen MR) is 83.2 cm³/mol. The van der Waals surface area contributed by atoms with Crippen LogP contribution in [0.2, 0.25) is 5.15 Å². The van der Waals surface area contributed by atoms with Crippen LogP contribution in [0.3, 0.4) is 0 Å². The Morgan fingerprint density at radius 3 is 2.57 bits per heavy atom. The second kappa shape index (κ2) is 7.98. The molecular formula is C15H22ClN3O2. The van der Waals surface area contributed by atoms with Crippen molar-refractivity contribution in [2.75, 3.05) is 13.1 Å². The van der Waals surface area contributed by atoms with Gasteiger partial charge in [0.2, 0.25) is 5.91 Å². The van der Waals surface area contributed by atoms with E-state index in [9.17, 15) is 9.59 Å². The highest BCUT2D eigenvalue weighted by Gasteiger charge is 2.20. The van der Waals surface area contributed by atoms with E-state index in [1.165, 1.54) is 11.0 Å². The lowest BCUT2D eigenvalue weighted by molar-refractivity contribution is -0.118. The second-order valence-electron chi connectivity index (χ2n) is 5.47. The van der Waals surface area contributed by atoms with Crippen LogP contribution in [-0.4, -0.2) is 34.8 Å². The summed E-state index contributed by atoms with van der Waals surface area (Å²) in [7, 11) is 0. The molecule has 0 saturated heterocycles. The van der Waals surface area contributed by atoms with Gasteiger partial charge in [-0.15, -0.1) is 0 Å². The number of hydrogen-bond acceptors (Lipinski definition) is 3. The zero-order valence-corrected chi connectivity index (χ0v) is 13.5. The highest BCUT2D eigenvalue weighted by molar-refractivity contribution is 6.29. The first kappa shape index (κ1) is 17.4. The molecule has 2 amide bonds. The standard InChI is InChI=1S/C15H22ClN3O2/c1-4-5-12-6-11(7-13(16)18-12)15(21)19(8-10(2)3)9-14(17)20/h6-7,10H,4-5,8-9H2,1-3H3,(H2,17,20). The molecule has 0 atom stereocenters. The largest absolute Gasteiger partial charge is 0.368 e. The first-order chi connectivity index (χ1) is 9.83. The van der Waals surface area contributed by atoms with Crippen LogP contribution in [0.5, 0.6) is 0 Å². The van der Waals surface area contributed by atoms with Crippen LogP contribution in [0.15, 0.2) is 12.1 Å². The molecule has 0 aliphatic rings. The number of hydrogen-bond donors (Lipinski definition) is 1. The van der Waals surface area contributed by atoms with Crippen LogP contribution in [0.1, 0.15) is 43.2 Å². The van der Waals surface area contributed by atoms with Gasteiger partial charge in [0.15, 0.2) is 0 Å². The third-order valence-electron chi connectivity index (χ3n) is 2.82. The van der Waals surface area contributed by atoms with Crippen LogP contribution in [-0.2, 0) is 11.2 Å². The van der Waals surface area contributed by atoms with E-state index in [0.29, 0.717) is 12.1 Å². The molecule has 0 radical (unpaired) electrons. The van der Waals surface area contributed by atoms with E-state index in [2.05, 4.69) is 4.98 Å². The number of halogens is 1. The molecule has 0 fully saturated rings.